The fourth-order valence-electron chi connectivity index (χ4n) is 2.78. The second-order valence-electron chi connectivity index (χ2n) is 6.30. The van der Waals surface area contributed by atoms with E-state index in [1.807, 2.05) is 54.6 Å². The highest BCUT2D eigenvalue weighted by molar-refractivity contribution is 6.30. The molecule has 0 aliphatic carbocycles. The number of ether oxygens (including phenoxy) is 1. The summed E-state index contributed by atoms with van der Waals surface area (Å²) in [7, 11) is 0. The van der Waals surface area contributed by atoms with E-state index >= 15 is 0 Å². The molecule has 8 nitrogen and oxygen atoms in total. The maximum atomic E-state index is 6.01. The zero-order chi connectivity index (χ0) is 19.9. The number of nitrogens with zero attached hydrogens (tertiary/aromatic N) is 5. The normalized spacial score (nSPS) is 14.2. The van der Waals surface area contributed by atoms with E-state index in [0.717, 1.165) is 24.3 Å². The molecule has 1 saturated heterocycles. The topological polar surface area (TPSA) is 87.6 Å². The molecule has 0 saturated carbocycles. The first-order chi connectivity index (χ1) is 14.3. The molecule has 0 amide bonds. The fraction of sp³-hybridized carbons (Fsp3) is 0.200. The second-order valence-corrected chi connectivity index (χ2v) is 6.73. The van der Waals surface area contributed by atoms with Crippen LogP contribution in [-0.4, -0.2) is 47.5 Å². The molecule has 0 bridgehead atoms. The smallest absolute Gasteiger partial charge is 0.250 e. The van der Waals surface area contributed by atoms with Crippen molar-refractivity contribution in [2.45, 2.75) is 0 Å². The van der Waals surface area contributed by atoms with Crippen LogP contribution < -0.4 is 15.6 Å². The van der Waals surface area contributed by atoms with Crippen LogP contribution in [0.3, 0.4) is 0 Å². The number of halogens is 1. The number of hydrogen-bond donors (Lipinski definition) is 2. The van der Waals surface area contributed by atoms with Gasteiger partial charge in [-0.25, -0.2) is 5.43 Å². The molecule has 1 aliphatic heterocycles. The average Bonchev–Trinajstić information content (AvgIpc) is 2.75. The van der Waals surface area contributed by atoms with Crippen molar-refractivity contribution in [3.05, 3.63) is 65.2 Å². The highest BCUT2D eigenvalue weighted by Gasteiger charge is 2.16. The van der Waals surface area contributed by atoms with E-state index < -0.39 is 0 Å². The zero-order valence-corrected chi connectivity index (χ0v) is 16.4. The number of benzene rings is 2. The Morgan fingerprint density at radius 3 is 2.55 bits per heavy atom. The van der Waals surface area contributed by atoms with Gasteiger partial charge in [-0.3, -0.25) is 0 Å². The van der Waals surface area contributed by atoms with Crippen molar-refractivity contribution in [2.75, 3.05) is 41.9 Å². The van der Waals surface area contributed by atoms with Crippen LogP contribution in [0.4, 0.5) is 23.5 Å². The monoisotopic (exact) mass is 409 g/mol. The van der Waals surface area contributed by atoms with E-state index in [2.05, 4.69) is 35.7 Å². The number of anilines is 4. The summed E-state index contributed by atoms with van der Waals surface area (Å²) < 4.78 is 5.42. The molecule has 148 valence electrons. The number of morpholine rings is 1. The summed E-state index contributed by atoms with van der Waals surface area (Å²) in [6.45, 7) is 2.73. The Hall–Kier alpha value is -3.23. The molecule has 1 aromatic heterocycles. The van der Waals surface area contributed by atoms with E-state index in [1.165, 1.54) is 0 Å². The van der Waals surface area contributed by atoms with Crippen molar-refractivity contribution in [2.24, 2.45) is 5.10 Å². The number of nitrogens with one attached hydrogen (secondary N) is 2. The third-order valence-corrected chi connectivity index (χ3v) is 4.41. The first-order valence-corrected chi connectivity index (χ1v) is 9.59. The van der Waals surface area contributed by atoms with Gasteiger partial charge in [0.2, 0.25) is 17.8 Å². The average molecular weight is 410 g/mol. The zero-order valence-electron chi connectivity index (χ0n) is 15.6. The van der Waals surface area contributed by atoms with Gasteiger partial charge in [0.1, 0.15) is 0 Å². The third-order valence-electron chi connectivity index (χ3n) is 4.17. The molecule has 1 aliphatic rings. The van der Waals surface area contributed by atoms with E-state index in [-0.39, 0.29) is 0 Å². The summed E-state index contributed by atoms with van der Waals surface area (Å²) in [4.78, 5) is 15.6. The number of rotatable bonds is 6. The van der Waals surface area contributed by atoms with Gasteiger partial charge in [0.25, 0.3) is 0 Å². The predicted octanol–water partition coefficient (Wildman–Crippen LogP) is 3.55. The van der Waals surface area contributed by atoms with Crippen molar-refractivity contribution in [3.63, 3.8) is 0 Å². The molecule has 3 aromatic rings. The van der Waals surface area contributed by atoms with E-state index in [1.54, 1.807) is 6.21 Å². The molecule has 0 atom stereocenters. The second kappa shape index (κ2) is 9.31. The lowest BCUT2D eigenvalue weighted by atomic mass is 10.2. The van der Waals surface area contributed by atoms with E-state index in [0.29, 0.717) is 36.1 Å². The van der Waals surface area contributed by atoms with Crippen LogP contribution in [0.5, 0.6) is 0 Å². The van der Waals surface area contributed by atoms with Crippen molar-refractivity contribution >= 4 is 41.3 Å². The van der Waals surface area contributed by atoms with Gasteiger partial charge in [0.15, 0.2) is 0 Å². The van der Waals surface area contributed by atoms with Crippen LogP contribution >= 0.6 is 11.6 Å². The number of aromatic nitrogens is 3. The van der Waals surface area contributed by atoms with Crippen LogP contribution in [0.2, 0.25) is 5.02 Å². The van der Waals surface area contributed by atoms with Crippen molar-refractivity contribution in [1.82, 2.24) is 15.0 Å². The van der Waals surface area contributed by atoms with Gasteiger partial charge >= 0.3 is 0 Å². The third kappa shape index (κ3) is 5.40. The summed E-state index contributed by atoms with van der Waals surface area (Å²) in [5.74, 6) is 1.36. The van der Waals surface area contributed by atoms with Gasteiger partial charge < -0.3 is 15.0 Å². The highest BCUT2D eigenvalue weighted by Crippen LogP contribution is 2.18. The number of hydrogen-bond acceptors (Lipinski definition) is 8. The van der Waals surface area contributed by atoms with Gasteiger partial charge in [0, 0.05) is 23.8 Å². The number of para-hydroxylation sites is 1. The van der Waals surface area contributed by atoms with E-state index in [9.17, 15) is 0 Å². The van der Waals surface area contributed by atoms with Crippen LogP contribution in [0.15, 0.2) is 59.7 Å². The van der Waals surface area contributed by atoms with Crippen LogP contribution in [0.25, 0.3) is 0 Å². The first-order valence-electron chi connectivity index (χ1n) is 9.22. The molecule has 0 unspecified atom stereocenters. The molecular weight excluding hydrogens is 390 g/mol. The van der Waals surface area contributed by atoms with E-state index in [4.69, 9.17) is 16.3 Å². The summed E-state index contributed by atoms with van der Waals surface area (Å²) >= 11 is 6.01. The van der Waals surface area contributed by atoms with Gasteiger partial charge in [-0.15, -0.1) is 0 Å². The lowest BCUT2D eigenvalue weighted by Crippen LogP contribution is -2.37. The molecular formula is C20H20ClN7O. The fourth-order valence-corrected chi connectivity index (χ4v) is 2.98. The predicted molar refractivity (Wildman–Crippen MR) is 115 cm³/mol. The molecule has 2 aromatic carbocycles. The lowest BCUT2D eigenvalue weighted by molar-refractivity contribution is 0.122. The quantitative estimate of drug-likeness (QED) is 0.475. The molecule has 0 spiro atoms. The molecule has 4 rings (SSSR count). The maximum absolute atomic E-state index is 6.01. The summed E-state index contributed by atoms with van der Waals surface area (Å²) in [5, 5.41) is 8.09. The highest BCUT2D eigenvalue weighted by atomic mass is 35.5. The molecule has 9 heteroatoms. The summed E-state index contributed by atoms with van der Waals surface area (Å²) in [5.41, 5.74) is 4.64. The Balaban J connectivity index is 1.56. The Kier molecular flexibility index (Phi) is 6.13. The molecule has 0 radical (unpaired) electrons. The van der Waals surface area contributed by atoms with Crippen LogP contribution in [0.1, 0.15) is 5.56 Å². The van der Waals surface area contributed by atoms with Crippen LogP contribution in [0, 0.1) is 0 Å². The van der Waals surface area contributed by atoms with Gasteiger partial charge in [-0.2, -0.15) is 20.1 Å². The van der Waals surface area contributed by atoms with Crippen molar-refractivity contribution in [1.29, 1.82) is 0 Å². The minimum absolute atomic E-state index is 0.346. The van der Waals surface area contributed by atoms with Gasteiger partial charge in [-0.1, -0.05) is 41.9 Å². The molecule has 29 heavy (non-hydrogen) atoms. The summed E-state index contributed by atoms with van der Waals surface area (Å²) in [6.07, 6.45) is 1.66. The maximum Gasteiger partial charge on any atom is 0.250 e. The van der Waals surface area contributed by atoms with Gasteiger partial charge in [0.05, 0.1) is 19.4 Å². The first kappa shape index (κ1) is 19.1. The Morgan fingerprint density at radius 2 is 1.76 bits per heavy atom. The largest absolute Gasteiger partial charge is 0.378 e. The molecule has 2 heterocycles. The van der Waals surface area contributed by atoms with Crippen molar-refractivity contribution in [3.8, 4) is 0 Å². The standard InChI is InChI=1S/C20H20ClN7O/c21-16-6-4-5-15(13-16)14-22-27-19-24-18(23-17-7-2-1-3-8-17)25-20(26-19)28-9-11-29-12-10-28/h1-8,13-14H,9-12H2,(H2,23,24,25,26,27)/b22-14-. The minimum atomic E-state index is 0.346. The lowest BCUT2D eigenvalue weighted by Gasteiger charge is -2.27. The Morgan fingerprint density at radius 1 is 0.966 bits per heavy atom. The van der Waals surface area contributed by atoms with Crippen molar-refractivity contribution < 1.29 is 4.74 Å². The minimum Gasteiger partial charge on any atom is -0.378 e. The summed E-state index contributed by atoms with van der Waals surface area (Å²) in [6, 6.07) is 17.1. The SMILES string of the molecule is Clc1cccc(/C=N\Nc2nc(Nc3ccccc3)nc(N3CCOCC3)n2)c1. The molecule has 1 fully saturated rings. The Labute approximate surface area is 173 Å². The van der Waals surface area contributed by atoms with Gasteiger partial charge in [-0.05, 0) is 29.8 Å². The Bertz CT molecular complexity index is 978. The van der Waals surface area contributed by atoms with Crippen LogP contribution in [-0.2, 0) is 4.74 Å². The molecule has 2 N–H and O–H groups in total. The number of hydrazone groups is 1.